The smallest absolute Gasteiger partial charge is 0.450 e. The average molecular weight is 645 g/mol. The summed E-state index contributed by atoms with van der Waals surface area (Å²) in [5.74, 6) is 2.50. The summed E-state index contributed by atoms with van der Waals surface area (Å²) in [5, 5.41) is 17.3. The van der Waals surface area contributed by atoms with E-state index in [0.29, 0.717) is 31.1 Å². The number of cyclic esters (lactones) is 2. The predicted octanol–water partition coefficient (Wildman–Crippen LogP) is 6.77. The van der Waals surface area contributed by atoms with Crippen LogP contribution < -0.4 is 5.32 Å². The molecule has 4 aliphatic rings. The number of fused-ring (bicyclic) bond motifs is 1. The van der Waals surface area contributed by atoms with Gasteiger partial charge in [0.15, 0.2) is 0 Å². The third-order valence-corrected chi connectivity index (χ3v) is 8.66. The maximum atomic E-state index is 12.4. The van der Waals surface area contributed by atoms with E-state index in [9.17, 15) is 14.4 Å². The maximum absolute atomic E-state index is 12.4. The summed E-state index contributed by atoms with van der Waals surface area (Å²) < 4.78 is 25.6. The van der Waals surface area contributed by atoms with E-state index in [1.165, 1.54) is 24.8 Å². The molecule has 13 nitrogen and oxygen atoms in total. The number of rotatable bonds is 7. The van der Waals surface area contributed by atoms with Gasteiger partial charge in [0.25, 0.3) is 0 Å². The summed E-state index contributed by atoms with van der Waals surface area (Å²) in [5.41, 5.74) is 3.05. The number of nitrogens with one attached hydrogen (secondary N) is 1. The number of carbonyl (C=O) groups is 4. The molecule has 0 spiro atoms. The lowest BCUT2D eigenvalue weighted by Crippen LogP contribution is -2.41. The Labute approximate surface area is 267 Å². The van der Waals surface area contributed by atoms with E-state index in [-0.39, 0.29) is 24.0 Å². The van der Waals surface area contributed by atoms with Gasteiger partial charge in [-0.25, -0.2) is 19.4 Å². The first kappa shape index (κ1) is 34.7. The Morgan fingerprint density at radius 2 is 1.59 bits per heavy atom. The number of aromatic nitrogens is 1. The van der Waals surface area contributed by atoms with Crippen LogP contribution in [0, 0.1) is 25.7 Å². The number of aryl methyl sites for hydroxylation is 2. The van der Waals surface area contributed by atoms with Crippen molar-refractivity contribution in [1.82, 2.24) is 10.3 Å². The van der Waals surface area contributed by atoms with Gasteiger partial charge < -0.3 is 38.9 Å². The number of carbonyl (C=O) groups excluding carboxylic acids is 3. The molecule has 1 aromatic heterocycles. The lowest BCUT2D eigenvalue weighted by atomic mass is 9.86. The van der Waals surface area contributed by atoms with Crippen molar-refractivity contribution in [2.24, 2.45) is 11.8 Å². The second-order valence-electron chi connectivity index (χ2n) is 12.3. The van der Waals surface area contributed by atoms with Crippen molar-refractivity contribution in [2.45, 2.75) is 109 Å². The number of ether oxygens (including phenoxy) is 4. The van der Waals surface area contributed by atoms with Crippen LogP contribution in [0.4, 0.5) is 14.4 Å². The summed E-state index contributed by atoms with van der Waals surface area (Å²) in [6.07, 6.45) is 7.03. The molecular formula is C33H44N2O11. The predicted molar refractivity (Wildman–Crippen MR) is 163 cm³/mol. The number of nitrogens with zero attached hydrogens (tertiary/aromatic N) is 1. The number of carboxylic acid groups (broad SMARTS) is 2. The van der Waals surface area contributed by atoms with Gasteiger partial charge in [0.05, 0.1) is 6.61 Å². The van der Waals surface area contributed by atoms with E-state index in [4.69, 9.17) is 33.6 Å². The Hall–Kier alpha value is -4.13. The second-order valence-corrected chi connectivity index (χ2v) is 12.3. The zero-order chi connectivity index (χ0) is 33.1. The summed E-state index contributed by atoms with van der Waals surface area (Å²) in [6.45, 7) is 5.19. The first-order valence-corrected chi connectivity index (χ1v) is 16.0. The van der Waals surface area contributed by atoms with Gasteiger partial charge in [-0.15, -0.1) is 0 Å². The maximum Gasteiger partial charge on any atom is 0.518 e. The Morgan fingerprint density at radius 1 is 0.935 bits per heavy atom. The SMILES string of the molecule is Cc1cccc(-c2nc(COCC3CCCC(NC(=O)C4CCCC4)C3)c(C)o2)c1.O=C(O)O.O=C1OC(=O)O[C@@H]2CCC[C@@H]2O1. The molecule has 0 radical (unpaired) electrons. The quantitative estimate of drug-likeness (QED) is 0.212. The monoisotopic (exact) mass is 644 g/mol. The topological polar surface area (TPSA) is 184 Å². The van der Waals surface area contributed by atoms with Crippen molar-refractivity contribution in [3.8, 4) is 11.5 Å². The molecule has 3 aliphatic carbocycles. The summed E-state index contributed by atoms with van der Waals surface area (Å²) in [4.78, 5) is 47.0. The van der Waals surface area contributed by atoms with E-state index < -0.39 is 18.5 Å². The van der Waals surface area contributed by atoms with Gasteiger partial charge in [0.2, 0.25) is 11.8 Å². The van der Waals surface area contributed by atoms with E-state index in [1.54, 1.807) is 0 Å². The highest BCUT2D eigenvalue weighted by molar-refractivity contribution is 5.79. The number of hydrogen-bond acceptors (Lipinski definition) is 10. The van der Waals surface area contributed by atoms with Crippen LogP contribution in [0.2, 0.25) is 0 Å². The minimum absolute atomic E-state index is 0.249. The molecule has 6 rings (SSSR count). The van der Waals surface area contributed by atoms with E-state index in [2.05, 4.69) is 34.1 Å². The van der Waals surface area contributed by atoms with Crippen LogP contribution >= 0.6 is 0 Å². The molecule has 3 saturated carbocycles. The zero-order valence-electron chi connectivity index (χ0n) is 26.4. The first-order chi connectivity index (χ1) is 22.1. The van der Waals surface area contributed by atoms with Gasteiger partial charge in [0, 0.05) is 24.1 Å². The van der Waals surface area contributed by atoms with Crippen molar-refractivity contribution in [3.63, 3.8) is 0 Å². The van der Waals surface area contributed by atoms with Gasteiger partial charge in [-0.2, -0.15) is 0 Å². The van der Waals surface area contributed by atoms with Crippen LogP contribution in [0.5, 0.6) is 0 Å². The third kappa shape index (κ3) is 10.7. The van der Waals surface area contributed by atoms with Crippen molar-refractivity contribution >= 4 is 24.4 Å². The fourth-order valence-corrected chi connectivity index (χ4v) is 6.39. The van der Waals surface area contributed by atoms with E-state index in [0.717, 1.165) is 68.4 Å². The molecule has 46 heavy (non-hydrogen) atoms. The Bertz CT molecular complexity index is 1310. The van der Waals surface area contributed by atoms with Crippen molar-refractivity contribution < 1.29 is 52.8 Å². The average Bonchev–Trinajstić information content (AvgIpc) is 3.75. The van der Waals surface area contributed by atoms with E-state index in [1.807, 2.05) is 19.1 Å². The van der Waals surface area contributed by atoms with Gasteiger partial charge >= 0.3 is 18.5 Å². The zero-order valence-corrected chi connectivity index (χ0v) is 26.4. The molecule has 1 amide bonds. The molecule has 0 bridgehead atoms. The molecular weight excluding hydrogens is 600 g/mol. The third-order valence-electron chi connectivity index (χ3n) is 8.66. The highest BCUT2D eigenvalue weighted by atomic mass is 16.8. The number of benzene rings is 1. The standard InChI is InChI=1S/C25H34N2O3.C7H8O5.CH2O3/c1-17-7-5-11-21(13-17)25-27-23(18(2)30-25)16-29-15-19-8-6-12-22(14-19)26-24(28)20-9-3-4-10-20;8-6-10-4-2-1-3-5(4)11-7(9)12-6;2-1(3)4/h5,7,11,13,19-20,22H,3-4,6,8-10,12,14-16H2,1-2H3,(H,26,28);4-5H,1-3H2;(H2,2,3,4)/t;4-,5+;. The molecule has 1 aliphatic heterocycles. The molecule has 1 saturated heterocycles. The molecule has 4 fully saturated rings. The molecule has 1 aromatic carbocycles. The molecule has 2 aromatic rings. The van der Waals surface area contributed by atoms with E-state index >= 15 is 0 Å². The van der Waals surface area contributed by atoms with Crippen molar-refractivity contribution in [2.75, 3.05) is 6.61 Å². The first-order valence-electron chi connectivity index (χ1n) is 16.0. The lowest BCUT2D eigenvalue weighted by Gasteiger charge is -2.30. The van der Waals surface area contributed by atoms with Crippen molar-refractivity contribution in [3.05, 3.63) is 41.3 Å². The van der Waals surface area contributed by atoms with Gasteiger partial charge in [-0.1, -0.05) is 37.0 Å². The number of hydrogen-bond donors (Lipinski definition) is 3. The summed E-state index contributed by atoms with van der Waals surface area (Å²) in [7, 11) is 0. The van der Waals surface area contributed by atoms with Gasteiger partial charge in [-0.3, -0.25) is 4.79 Å². The fraction of sp³-hybridized carbons (Fsp3) is 0.606. The molecule has 4 atom stereocenters. The van der Waals surface area contributed by atoms with Crippen LogP contribution in [-0.4, -0.2) is 64.4 Å². The number of amides is 1. The van der Waals surface area contributed by atoms with Crippen molar-refractivity contribution in [1.29, 1.82) is 0 Å². The molecule has 3 N–H and O–H groups in total. The molecule has 2 unspecified atom stereocenters. The Kier molecular flexibility index (Phi) is 12.8. The highest BCUT2D eigenvalue weighted by Gasteiger charge is 2.38. The second kappa shape index (κ2) is 17.0. The minimum Gasteiger partial charge on any atom is -0.450 e. The largest absolute Gasteiger partial charge is 0.518 e. The molecule has 2 heterocycles. The highest BCUT2D eigenvalue weighted by Crippen LogP contribution is 2.29. The normalized spacial score (nSPS) is 24.0. The Balaban J connectivity index is 0.000000247. The van der Waals surface area contributed by atoms with Crippen LogP contribution in [0.25, 0.3) is 11.5 Å². The fourth-order valence-electron chi connectivity index (χ4n) is 6.39. The van der Waals surface area contributed by atoms with Crippen LogP contribution in [-0.2, 0) is 30.3 Å². The number of oxazole rings is 1. The Morgan fingerprint density at radius 3 is 2.24 bits per heavy atom. The van der Waals surface area contributed by atoms with Gasteiger partial charge in [-0.05, 0) is 83.3 Å². The van der Waals surface area contributed by atoms with Crippen LogP contribution in [0.3, 0.4) is 0 Å². The molecule has 13 heteroatoms. The van der Waals surface area contributed by atoms with Crippen LogP contribution in [0.1, 0.15) is 87.6 Å². The lowest BCUT2D eigenvalue weighted by molar-refractivity contribution is -0.125. The summed E-state index contributed by atoms with van der Waals surface area (Å²) >= 11 is 0. The molecule has 252 valence electrons. The van der Waals surface area contributed by atoms with Gasteiger partial charge in [0.1, 0.15) is 23.7 Å². The summed E-state index contributed by atoms with van der Waals surface area (Å²) in [6, 6.07) is 8.49. The minimum atomic E-state index is -1.83. The van der Waals surface area contributed by atoms with Crippen LogP contribution in [0.15, 0.2) is 28.7 Å².